The van der Waals surface area contributed by atoms with E-state index in [4.69, 9.17) is 34.7 Å². The number of likely N-dealkylation sites (tertiary alicyclic amines) is 1. The number of anilines is 2. The van der Waals surface area contributed by atoms with Crippen LogP contribution >= 0.6 is 23.2 Å². The Kier molecular flexibility index (Phi) is 7.35. The van der Waals surface area contributed by atoms with Gasteiger partial charge in [0.15, 0.2) is 0 Å². The number of hydrogen-bond donors (Lipinski definition) is 3. The van der Waals surface area contributed by atoms with Crippen LogP contribution in [0, 0.1) is 5.92 Å². The molecule has 12 heteroatoms. The van der Waals surface area contributed by atoms with Crippen LogP contribution in [-0.4, -0.2) is 48.1 Å². The molecule has 0 bridgehead atoms. The van der Waals surface area contributed by atoms with Crippen LogP contribution in [0.4, 0.5) is 11.5 Å². The van der Waals surface area contributed by atoms with Crippen LogP contribution in [0.1, 0.15) is 26.2 Å². The van der Waals surface area contributed by atoms with Crippen molar-refractivity contribution in [3.05, 3.63) is 34.4 Å². The molecular weight excluding hydrogens is 463 g/mol. The van der Waals surface area contributed by atoms with Gasteiger partial charge in [-0.1, -0.05) is 30.1 Å². The van der Waals surface area contributed by atoms with Gasteiger partial charge < -0.3 is 16.4 Å². The van der Waals surface area contributed by atoms with E-state index in [9.17, 15) is 13.2 Å². The van der Waals surface area contributed by atoms with Crippen LogP contribution in [0.3, 0.4) is 0 Å². The highest BCUT2D eigenvalue weighted by Crippen LogP contribution is 2.31. The minimum absolute atomic E-state index is 0.0186. The third-order valence-corrected chi connectivity index (χ3v) is 7.51. The first kappa shape index (κ1) is 23.6. The minimum Gasteiger partial charge on any atom is -0.396 e. The number of halogens is 2. The Bertz CT molecular complexity index is 1030. The summed E-state index contributed by atoms with van der Waals surface area (Å²) in [5, 5.41) is 4.13. The summed E-state index contributed by atoms with van der Waals surface area (Å²) in [4.78, 5) is 14.7. The molecule has 2 aromatic rings. The summed E-state index contributed by atoms with van der Waals surface area (Å²) in [7, 11) is -4.10. The highest BCUT2D eigenvalue weighted by Gasteiger charge is 2.31. The second-order valence-electron chi connectivity index (χ2n) is 7.75. The van der Waals surface area contributed by atoms with Crippen LogP contribution in [0.2, 0.25) is 10.0 Å². The van der Waals surface area contributed by atoms with Gasteiger partial charge in [0.2, 0.25) is 15.9 Å². The fourth-order valence-electron chi connectivity index (χ4n) is 3.43. The average molecular weight is 489 g/mol. The maximum Gasteiger partial charge on any atom is 0.241 e. The first-order valence-electron chi connectivity index (χ1n) is 9.91. The number of carbonyl (C=O) groups is 1. The van der Waals surface area contributed by atoms with Crippen LogP contribution < -0.4 is 16.2 Å². The average Bonchev–Trinajstić information content (AvgIpc) is 3.13. The number of nitrogens with two attached hydrogens (primary N) is 2. The van der Waals surface area contributed by atoms with Crippen LogP contribution in [0.25, 0.3) is 0 Å². The SMILES string of the molecule is CC1CCN(C(=O)C(CCn2nccc2N)NS(=O)(=O)c2cc(Cl)c(N)c(Cl)c2)CC1. The number of sulfonamides is 1. The number of aromatic nitrogens is 2. The minimum atomic E-state index is -4.10. The highest BCUT2D eigenvalue weighted by molar-refractivity contribution is 7.89. The van der Waals surface area contributed by atoms with Gasteiger partial charge in [0.25, 0.3) is 0 Å². The number of carbonyl (C=O) groups excluding carboxylic acids is 1. The van der Waals surface area contributed by atoms with E-state index in [1.807, 2.05) is 0 Å². The number of amides is 1. The van der Waals surface area contributed by atoms with Gasteiger partial charge in [-0.3, -0.25) is 9.48 Å². The molecule has 170 valence electrons. The third kappa shape index (κ3) is 5.62. The molecule has 1 atom stereocenters. The van der Waals surface area contributed by atoms with Crippen molar-refractivity contribution in [1.82, 2.24) is 19.4 Å². The fourth-order valence-corrected chi connectivity index (χ4v) is 5.33. The summed E-state index contributed by atoms with van der Waals surface area (Å²) >= 11 is 12.0. The second kappa shape index (κ2) is 9.64. The Morgan fingerprint density at radius 1 is 1.26 bits per heavy atom. The maximum absolute atomic E-state index is 13.2. The van der Waals surface area contributed by atoms with Crippen LogP contribution in [0.5, 0.6) is 0 Å². The molecule has 1 amide bonds. The normalized spacial score (nSPS) is 16.4. The summed E-state index contributed by atoms with van der Waals surface area (Å²) in [6.07, 6.45) is 3.47. The third-order valence-electron chi connectivity index (χ3n) is 5.43. The van der Waals surface area contributed by atoms with E-state index in [2.05, 4.69) is 16.7 Å². The van der Waals surface area contributed by atoms with Gasteiger partial charge in [-0.05, 0) is 43.4 Å². The number of benzene rings is 1. The molecule has 1 saturated heterocycles. The number of nitrogens with one attached hydrogen (secondary N) is 1. The van der Waals surface area contributed by atoms with Crippen molar-refractivity contribution in [2.24, 2.45) is 5.92 Å². The molecule has 1 aromatic carbocycles. The van der Waals surface area contributed by atoms with E-state index in [-0.39, 0.29) is 39.5 Å². The molecule has 5 N–H and O–H groups in total. The number of hydrogen-bond acceptors (Lipinski definition) is 6. The smallest absolute Gasteiger partial charge is 0.241 e. The Hall–Kier alpha value is -2.01. The molecule has 0 spiro atoms. The van der Waals surface area contributed by atoms with Crippen molar-refractivity contribution in [2.45, 2.75) is 43.7 Å². The van der Waals surface area contributed by atoms with Gasteiger partial charge in [0, 0.05) is 19.6 Å². The summed E-state index contributed by atoms with van der Waals surface area (Å²) in [5.74, 6) is 0.675. The molecule has 2 heterocycles. The number of rotatable bonds is 7. The quantitative estimate of drug-likeness (QED) is 0.511. The van der Waals surface area contributed by atoms with Crippen molar-refractivity contribution < 1.29 is 13.2 Å². The zero-order valence-electron chi connectivity index (χ0n) is 17.1. The van der Waals surface area contributed by atoms with Crippen molar-refractivity contribution in [2.75, 3.05) is 24.6 Å². The molecule has 1 unspecified atom stereocenters. The molecule has 3 rings (SSSR count). The molecule has 1 aliphatic rings. The highest BCUT2D eigenvalue weighted by atomic mass is 35.5. The molecule has 0 saturated carbocycles. The zero-order valence-corrected chi connectivity index (χ0v) is 19.4. The fraction of sp³-hybridized carbons (Fsp3) is 0.474. The molecule has 9 nitrogen and oxygen atoms in total. The van der Waals surface area contributed by atoms with Gasteiger partial charge in [-0.15, -0.1) is 0 Å². The van der Waals surface area contributed by atoms with E-state index in [0.717, 1.165) is 12.8 Å². The van der Waals surface area contributed by atoms with E-state index in [0.29, 0.717) is 24.8 Å². The van der Waals surface area contributed by atoms with Gasteiger partial charge in [-0.2, -0.15) is 9.82 Å². The summed E-state index contributed by atoms with van der Waals surface area (Å²) in [6, 6.07) is 3.05. The van der Waals surface area contributed by atoms with Crippen molar-refractivity contribution in [3.8, 4) is 0 Å². The lowest BCUT2D eigenvalue weighted by atomic mass is 9.98. The lowest BCUT2D eigenvalue weighted by Crippen LogP contribution is -2.51. The second-order valence-corrected chi connectivity index (χ2v) is 10.3. The maximum atomic E-state index is 13.2. The van der Waals surface area contributed by atoms with Gasteiger partial charge >= 0.3 is 0 Å². The molecule has 1 aliphatic heterocycles. The first-order chi connectivity index (χ1) is 14.6. The number of nitrogen functional groups attached to an aromatic ring is 2. The molecule has 1 aromatic heterocycles. The topological polar surface area (TPSA) is 136 Å². The summed E-state index contributed by atoms with van der Waals surface area (Å²) in [5.41, 5.74) is 11.6. The van der Waals surface area contributed by atoms with E-state index < -0.39 is 16.1 Å². The van der Waals surface area contributed by atoms with E-state index >= 15 is 0 Å². The zero-order chi connectivity index (χ0) is 22.8. The van der Waals surface area contributed by atoms with Gasteiger partial charge in [0.1, 0.15) is 11.9 Å². The Labute approximate surface area is 191 Å². The van der Waals surface area contributed by atoms with Gasteiger partial charge in [-0.25, -0.2) is 8.42 Å². The first-order valence-corrected chi connectivity index (χ1v) is 12.2. The monoisotopic (exact) mass is 488 g/mol. The Balaban J connectivity index is 1.84. The lowest BCUT2D eigenvalue weighted by molar-refractivity contribution is -0.134. The largest absolute Gasteiger partial charge is 0.396 e. The lowest BCUT2D eigenvalue weighted by Gasteiger charge is -2.33. The van der Waals surface area contributed by atoms with E-state index in [1.165, 1.54) is 16.8 Å². The Morgan fingerprint density at radius 2 is 1.87 bits per heavy atom. The molecule has 31 heavy (non-hydrogen) atoms. The number of aryl methyl sites for hydroxylation is 1. The van der Waals surface area contributed by atoms with Crippen LogP contribution in [0.15, 0.2) is 29.3 Å². The standard InChI is InChI=1S/C19H26Cl2N6O3S/c1-12-3-7-26(8-4-12)19(28)16(5-9-27-17(22)2-6-24-27)25-31(29,30)13-10-14(20)18(23)15(21)11-13/h2,6,10-12,16,25H,3-5,7-9,22-23H2,1H3. The summed E-state index contributed by atoms with van der Waals surface area (Å²) in [6.45, 7) is 3.58. The number of nitrogens with zero attached hydrogens (tertiary/aromatic N) is 3. The van der Waals surface area contributed by atoms with Crippen molar-refractivity contribution in [3.63, 3.8) is 0 Å². The van der Waals surface area contributed by atoms with E-state index in [1.54, 1.807) is 17.2 Å². The van der Waals surface area contributed by atoms with Crippen molar-refractivity contribution >= 4 is 50.6 Å². The van der Waals surface area contributed by atoms with Crippen molar-refractivity contribution in [1.29, 1.82) is 0 Å². The molecule has 1 fully saturated rings. The number of piperidine rings is 1. The van der Waals surface area contributed by atoms with Crippen LogP contribution in [-0.2, 0) is 21.4 Å². The molecule has 0 radical (unpaired) electrons. The predicted octanol–water partition coefficient (Wildman–Crippen LogP) is 2.35. The molecular formula is C19H26Cl2N6O3S. The predicted molar refractivity (Wildman–Crippen MR) is 121 cm³/mol. The Morgan fingerprint density at radius 3 is 2.42 bits per heavy atom. The summed E-state index contributed by atoms with van der Waals surface area (Å²) < 4.78 is 30.1. The molecule has 0 aliphatic carbocycles. The van der Waals surface area contributed by atoms with Gasteiger partial charge in [0.05, 0.1) is 26.8 Å².